The van der Waals surface area contributed by atoms with Gasteiger partial charge in [-0.3, -0.25) is 4.79 Å². The van der Waals surface area contributed by atoms with Gasteiger partial charge in [0.2, 0.25) is 5.91 Å². The van der Waals surface area contributed by atoms with Gasteiger partial charge in [-0.2, -0.15) is 0 Å². The first-order valence-corrected chi connectivity index (χ1v) is 7.69. The Bertz CT molecular complexity index is 533. The minimum atomic E-state index is -0.211. The van der Waals surface area contributed by atoms with Crippen molar-refractivity contribution >= 4 is 50.6 Å². The van der Waals surface area contributed by atoms with Crippen LogP contribution in [0.5, 0.6) is 0 Å². The average Bonchev–Trinajstić information content (AvgIpc) is 2.81. The molecule has 1 amide bonds. The predicted molar refractivity (Wildman–Crippen MR) is 78.0 cm³/mol. The van der Waals surface area contributed by atoms with Crippen molar-refractivity contribution in [1.29, 1.82) is 0 Å². The minimum absolute atomic E-state index is 0.0479. The summed E-state index contributed by atoms with van der Waals surface area (Å²) in [7, 11) is 0. The molecule has 0 saturated carbocycles. The minimum Gasteiger partial charge on any atom is -0.325 e. The van der Waals surface area contributed by atoms with Crippen molar-refractivity contribution in [1.82, 2.24) is 10.2 Å². The van der Waals surface area contributed by atoms with Gasteiger partial charge >= 0.3 is 0 Å². The van der Waals surface area contributed by atoms with Crippen molar-refractivity contribution in [3.8, 4) is 0 Å². The first-order chi connectivity index (χ1) is 8.65. The second kappa shape index (κ2) is 6.31. The van der Waals surface area contributed by atoms with Crippen LogP contribution in [0.1, 0.15) is 6.92 Å². The van der Waals surface area contributed by atoms with E-state index in [1.54, 1.807) is 5.51 Å². The molecule has 1 atom stereocenters. The highest BCUT2D eigenvalue weighted by atomic mass is 79.9. The Hall–Kier alpha value is -0.920. The maximum absolute atomic E-state index is 12.0. The van der Waals surface area contributed by atoms with Gasteiger partial charge in [0.25, 0.3) is 0 Å². The number of halogens is 1. The number of nitrogens with one attached hydrogen (secondary N) is 1. The molecule has 0 spiro atoms. The Kier molecular flexibility index (Phi) is 4.73. The molecular formula is C11H10BrN3OS2. The molecular weight excluding hydrogens is 334 g/mol. The van der Waals surface area contributed by atoms with Crippen molar-refractivity contribution in [2.75, 3.05) is 5.32 Å². The van der Waals surface area contributed by atoms with E-state index < -0.39 is 0 Å². The summed E-state index contributed by atoms with van der Waals surface area (Å²) < 4.78 is 1.73. The third-order valence-corrected chi connectivity index (χ3v) is 4.48. The third-order valence-electron chi connectivity index (χ3n) is 2.08. The molecule has 4 nitrogen and oxygen atoms in total. The highest BCUT2D eigenvalue weighted by Gasteiger charge is 2.16. The lowest BCUT2D eigenvalue weighted by Gasteiger charge is -2.10. The fraction of sp³-hybridized carbons (Fsp3) is 0.182. The van der Waals surface area contributed by atoms with Crippen molar-refractivity contribution in [2.24, 2.45) is 0 Å². The van der Waals surface area contributed by atoms with Crippen LogP contribution in [0.25, 0.3) is 0 Å². The standard InChI is InChI=1S/C11H10BrN3OS2/c1-7(18-11-15-13-6-17-11)10(16)14-9-4-2-3-8(12)5-9/h2-7H,1H3,(H,14,16)/t7-/m0/s1. The Labute approximate surface area is 121 Å². The van der Waals surface area contributed by atoms with E-state index in [1.165, 1.54) is 23.1 Å². The Morgan fingerprint density at radius 3 is 3.06 bits per heavy atom. The molecule has 0 radical (unpaired) electrons. The van der Waals surface area contributed by atoms with E-state index >= 15 is 0 Å². The molecule has 0 aliphatic carbocycles. The molecule has 0 aliphatic rings. The molecule has 1 heterocycles. The number of nitrogens with zero attached hydrogens (tertiary/aromatic N) is 2. The number of rotatable bonds is 4. The average molecular weight is 344 g/mol. The number of amides is 1. The lowest BCUT2D eigenvalue weighted by molar-refractivity contribution is -0.115. The van der Waals surface area contributed by atoms with Gasteiger partial charge in [0.05, 0.1) is 5.25 Å². The largest absolute Gasteiger partial charge is 0.325 e. The van der Waals surface area contributed by atoms with Gasteiger partial charge in [-0.05, 0) is 25.1 Å². The summed E-state index contributed by atoms with van der Waals surface area (Å²) in [5.41, 5.74) is 2.43. The highest BCUT2D eigenvalue weighted by Crippen LogP contribution is 2.25. The van der Waals surface area contributed by atoms with Crippen LogP contribution < -0.4 is 5.32 Å². The molecule has 0 aliphatic heterocycles. The maximum Gasteiger partial charge on any atom is 0.237 e. The summed E-state index contributed by atoms with van der Waals surface area (Å²) in [5, 5.41) is 10.3. The monoisotopic (exact) mass is 343 g/mol. The SMILES string of the molecule is C[C@H](Sc1nncs1)C(=O)Nc1cccc(Br)c1. The summed E-state index contributed by atoms with van der Waals surface area (Å²) in [6, 6.07) is 7.50. The van der Waals surface area contributed by atoms with Crippen LogP contribution in [0.3, 0.4) is 0 Å². The molecule has 94 valence electrons. The van der Waals surface area contributed by atoms with E-state index in [-0.39, 0.29) is 11.2 Å². The molecule has 18 heavy (non-hydrogen) atoms. The van der Waals surface area contributed by atoms with E-state index in [9.17, 15) is 4.79 Å². The lowest BCUT2D eigenvalue weighted by atomic mass is 10.3. The second-order valence-electron chi connectivity index (χ2n) is 3.46. The lowest BCUT2D eigenvalue weighted by Crippen LogP contribution is -2.22. The summed E-state index contributed by atoms with van der Waals surface area (Å²) in [5.74, 6) is -0.0479. The van der Waals surface area contributed by atoms with E-state index in [4.69, 9.17) is 0 Å². The smallest absolute Gasteiger partial charge is 0.237 e. The van der Waals surface area contributed by atoms with E-state index in [2.05, 4.69) is 31.4 Å². The van der Waals surface area contributed by atoms with E-state index in [1.807, 2.05) is 31.2 Å². The third kappa shape index (κ3) is 3.79. The number of anilines is 1. The number of hydrogen-bond acceptors (Lipinski definition) is 5. The zero-order valence-corrected chi connectivity index (χ0v) is 12.7. The zero-order valence-electron chi connectivity index (χ0n) is 9.46. The summed E-state index contributed by atoms with van der Waals surface area (Å²) in [6.45, 7) is 1.85. The fourth-order valence-corrected chi connectivity index (χ4v) is 3.25. The van der Waals surface area contributed by atoms with Gasteiger partial charge in [0, 0.05) is 10.2 Å². The van der Waals surface area contributed by atoms with Crippen LogP contribution in [0.2, 0.25) is 0 Å². The molecule has 0 fully saturated rings. The van der Waals surface area contributed by atoms with Crippen LogP contribution in [0.4, 0.5) is 5.69 Å². The van der Waals surface area contributed by atoms with Gasteiger partial charge in [-0.1, -0.05) is 45.1 Å². The number of hydrogen-bond donors (Lipinski definition) is 1. The van der Waals surface area contributed by atoms with Crippen LogP contribution in [0.15, 0.2) is 38.6 Å². The van der Waals surface area contributed by atoms with Gasteiger partial charge in [-0.25, -0.2) is 0 Å². The quantitative estimate of drug-likeness (QED) is 0.864. The van der Waals surface area contributed by atoms with Crippen LogP contribution >= 0.6 is 39.0 Å². The first kappa shape index (κ1) is 13.5. The number of aromatic nitrogens is 2. The number of carbonyl (C=O) groups is 1. The van der Waals surface area contributed by atoms with Gasteiger partial charge in [-0.15, -0.1) is 10.2 Å². The highest BCUT2D eigenvalue weighted by molar-refractivity contribution is 9.10. The molecule has 2 aromatic rings. The Morgan fingerprint density at radius 1 is 1.56 bits per heavy atom. The van der Waals surface area contributed by atoms with Crippen LogP contribution in [-0.2, 0) is 4.79 Å². The molecule has 1 N–H and O–H groups in total. The normalized spacial score (nSPS) is 12.1. The van der Waals surface area contributed by atoms with Crippen LogP contribution in [0, 0.1) is 0 Å². The van der Waals surface area contributed by atoms with Crippen molar-refractivity contribution in [3.05, 3.63) is 34.2 Å². The molecule has 2 rings (SSSR count). The zero-order chi connectivity index (χ0) is 13.0. The van der Waals surface area contributed by atoms with Crippen molar-refractivity contribution in [3.63, 3.8) is 0 Å². The van der Waals surface area contributed by atoms with Gasteiger partial charge in [0.15, 0.2) is 4.34 Å². The topological polar surface area (TPSA) is 54.9 Å². The molecule has 7 heteroatoms. The molecule has 0 saturated heterocycles. The van der Waals surface area contributed by atoms with Gasteiger partial charge < -0.3 is 5.32 Å². The van der Waals surface area contributed by atoms with Crippen molar-refractivity contribution in [2.45, 2.75) is 16.5 Å². The van der Waals surface area contributed by atoms with E-state index in [0.717, 1.165) is 14.5 Å². The van der Waals surface area contributed by atoms with Gasteiger partial charge in [0.1, 0.15) is 5.51 Å². The first-order valence-electron chi connectivity index (χ1n) is 5.14. The van der Waals surface area contributed by atoms with E-state index in [0.29, 0.717) is 0 Å². The molecule has 1 aromatic carbocycles. The summed E-state index contributed by atoms with van der Waals surface area (Å²) in [4.78, 5) is 12.0. The molecule has 1 aromatic heterocycles. The Balaban J connectivity index is 1.95. The number of benzene rings is 1. The fourth-order valence-electron chi connectivity index (χ4n) is 1.23. The number of carbonyl (C=O) groups excluding carboxylic acids is 1. The maximum atomic E-state index is 12.0. The number of thioether (sulfide) groups is 1. The summed E-state index contributed by atoms with van der Waals surface area (Å²) >= 11 is 6.20. The van der Waals surface area contributed by atoms with Crippen molar-refractivity contribution < 1.29 is 4.79 Å². The molecule has 0 bridgehead atoms. The predicted octanol–water partition coefficient (Wildman–Crippen LogP) is 3.42. The second-order valence-corrected chi connectivity index (χ2v) is 6.80. The Morgan fingerprint density at radius 2 is 2.39 bits per heavy atom. The van der Waals surface area contributed by atoms with Crippen LogP contribution in [-0.4, -0.2) is 21.4 Å². The summed E-state index contributed by atoms with van der Waals surface area (Å²) in [6.07, 6.45) is 0. The molecule has 0 unspecified atom stereocenters.